The molecule has 0 radical (unpaired) electrons. The zero-order valence-corrected chi connectivity index (χ0v) is 14.4. The maximum absolute atomic E-state index is 13.0. The van der Waals surface area contributed by atoms with Crippen molar-refractivity contribution in [3.8, 4) is 0 Å². The summed E-state index contributed by atoms with van der Waals surface area (Å²) in [5.41, 5.74) is 9.85. The van der Waals surface area contributed by atoms with Gasteiger partial charge in [-0.3, -0.25) is 0 Å². The van der Waals surface area contributed by atoms with Crippen molar-refractivity contribution in [2.24, 2.45) is 10.7 Å². The van der Waals surface area contributed by atoms with E-state index >= 15 is 0 Å². The SMILES string of the molecule is Cc1cc(C)cc(NC(N)=NCc2cccc(F)c2)c1.I. The fourth-order valence-electron chi connectivity index (χ4n) is 2.05. The highest BCUT2D eigenvalue weighted by Gasteiger charge is 1.99. The summed E-state index contributed by atoms with van der Waals surface area (Å²) in [7, 11) is 0. The highest BCUT2D eigenvalue weighted by Crippen LogP contribution is 2.13. The number of anilines is 1. The number of aliphatic imine (C=N–C) groups is 1. The molecule has 2 aromatic carbocycles. The average Bonchev–Trinajstić information content (AvgIpc) is 2.35. The van der Waals surface area contributed by atoms with Gasteiger partial charge in [0.2, 0.25) is 0 Å². The number of rotatable bonds is 3. The second-order valence-electron chi connectivity index (χ2n) is 4.83. The Morgan fingerprint density at radius 2 is 1.81 bits per heavy atom. The van der Waals surface area contributed by atoms with Gasteiger partial charge >= 0.3 is 0 Å². The normalized spacial score (nSPS) is 10.9. The van der Waals surface area contributed by atoms with E-state index in [0.717, 1.165) is 22.4 Å². The Bertz CT molecular complexity index is 621. The van der Waals surface area contributed by atoms with E-state index in [1.54, 1.807) is 6.07 Å². The highest BCUT2D eigenvalue weighted by molar-refractivity contribution is 14.0. The maximum Gasteiger partial charge on any atom is 0.193 e. The van der Waals surface area contributed by atoms with Crippen LogP contribution in [0.2, 0.25) is 0 Å². The van der Waals surface area contributed by atoms with Crippen molar-refractivity contribution < 1.29 is 4.39 Å². The van der Waals surface area contributed by atoms with Crippen LogP contribution in [0.4, 0.5) is 10.1 Å². The number of guanidine groups is 1. The van der Waals surface area contributed by atoms with Gasteiger partial charge in [0.25, 0.3) is 0 Å². The Labute approximate surface area is 141 Å². The largest absolute Gasteiger partial charge is 0.370 e. The van der Waals surface area contributed by atoms with E-state index in [1.165, 1.54) is 12.1 Å². The van der Waals surface area contributed by atoms with Crippen LogP contribution in [0, 0.1) is 19.7 Å². The molecule has 0 fully saturated rings. The molecule has 2 aromatic rings. The van der Waals surface area contributed by atoms with E-state index in [9.17, 15) is 4.39 Å². The quantitative estimate of drug-likeness (QED) is 0.466. The van der Waals surface area contributed by atoms with E-state index in [-0.39, 0.29) is 29.8 Å². The van der Waals surface area contributed by atoms with Crippen molar-refractivity contribution in [2.75, 3.05) is 5.32 Å². The molecule has 0 saturated carbocycles. The molecule has 112 valence electrons. The van der Waals surface area contributed by atoms with Gasteiger partial charge in [-0.2, -0.15) is 0 Å². The molecule has 0 unspecified atom stereocenters. The fraction of sp³-hybridized carbons (Fsp3) is 0.188. The van der Waals surface area contributed by atoms with Crippen molar-refractivity contribution >= 4 is 35.6 Å². The Kier molecular flexibility index (Phi) is 6.61. The van der Waals surface area contributed by atoms with Crippen LogP contribution < -0.4 is 11.1 Å². The van der Waals surface area contributed by atoms with Crippen molar-refractivity contribution in [3.05, 3.63) is 65.0 Å². The van der Waals surface area contributed by atoms with Crippen LogP contribution in [-0.4, -0.2) is 5.96 Å². The molecule has 0 aromatic heterocycles. The van der Waals surface area contributed by atoms with Crippen LogP contribution in [0.5, 0.6) is 0 Å². The minimum absolute atomic E-state index is 0. The van der Waals surface area contributed by atoms with Crippen molar-refractivity contribution in [2.45, 2.75) is 20.4 Å². The van der Waals surface area contributed by atoms with E-state index < -0.39 is 0 Å². The topological polar surface area (TPSA) is 50.4 Å². The zero-order valence-electron chi connectivity index (χ0n) is 12.1. The predicted octanol–water partition coefficient (Wildman–Crippen LogP) is 3.99. The number of benzene rings is 2. The standard InChI is InChI=1S/C16H18FN3.HI/c1-11-6-12(2)8-15(7-11)20-16(18)19-10-13-4-3-5-14(17)9-13;/h3-9H,10H2,1-2H3,(H3,18,19,20);1H. The minimum Gasteiger partial charge on any atom is -0.370 e. The van der Waals surface area contributed by atoms with Gasteiger partial charge in [-0.15, -0.1) is 24.0 Å². The lowest BCUT2D eigenvalue weighted by atomic mass is 10.1. The number of nitrogens with zero attached hydrogens (tertiary/aromatic N) is 1. The van der Waals surface area contributed by atoms with Crippen molar-refractivity contribution in [1.29, 1.82) is 0 Å². The molecule has 0 spiro atoms. The summed E-state index contributed by atoms with van der Waals surface area (Å²) in [6, 6.07) is 12.4. The molecule has 0 amide bonds. The molecule has 0 aliphatic heterocycles. The number of hydrogen-bond acceptors (Lipinski definition) is 1. The molecular weight excluding hydrogens is 380 g/mol. The van der Waals surface area contributed by atoms with Gasteiger partial charge < -0.3 is 11.1 Å². The molecule has 0 aliphatic rings. The maximum atomic E-state index is 13.0. The molecule has 0 aliphatic carbocycles. The molecule has 21 heavy (non-hydrogen) atoms. The number of aryl methyl sites for hydroxylation is 2. The zero-order chi connectivity index (χ0) is 14.5. The lowest BCUT2D eigenvalue weighted by Crippen LogP contribution is -2.22. The first-order chi connectivity index (χ1) is 9.52. The monoisotopic (exact) mass is 399 g/mol. The summed E-state index contributed by atoms with van der Waals surface area (Å²) in [4.78, 5) is 4.21. The Balaban J connectivity index is 0.00000220. The third kappa shape index (κ3) is 5.71. The summed E-state index contributed by atoms with van der Waals surface area (Å²) in [6.45, 7) is 4.40. The number of nitrogens with two attached hydrogens (primary N) is 1. The fourth-order valence-corrected chi connectivity index (χ4v) is 2.05. The van der Waals surface area contributed by atoms with Crippen LogP contribution in [0.25, 0.3) is 0 Å². The first-order valence-corrected chi connectivity index (χ1v) is 6.42. The predicted molar refractivity (Wildman–Crippen MR) is 96.7 cm³/mol. The Morgan fingerprint density at radius 3 is 2.43 bits per heavy atom. The van der Waals surface area contributed by atoms with E-state index in [4.69, 9.17) is 5.73 Å². The number of hydrogen-bond donors (Lipinski definition) is 2. The lowest BCUT2D eigenvalue weighted by Gasteiger charge is -2.08. The van der Waals surface area contributed by atoms with Gasteiger partial charge in [0.15, 0.2) is 5.96 Å². The van der Waals surface area contributed by atoms with Crippen molar-refractivity contribution in [3.63, 3.8) is 0 Å². The van der Waals surface area contributed by atoms with Crippen LogP contribution >= 0.6 is 24.0 Å². The second-order valence-corrected chi connectivity index (χ2v) is 4.83. The van der Waals surface area contributed by atoms with Crippen molar-refractivity contribution in [1.82, 2.24) is 0 Å². The third-order valence-electron chi connectivity index (χ3n) is 2.82. The molecule has 3 N–H and O–H groups in total. The molecule has 0 atom stereocenters. The molecule has 0 heterocycles. The summed E-state index contributed by atoms with van der Waals surface area (Å²) in [5.74, 6) is 0.0535. The summed E-state index contributed by atoms with van der Waals surface area (Å²) in [5, 5.41) is 3.04. The van der Waals surface area contributed by atoms with Gasteiger partial charge in [-0.1, -0.05) is 18.2 Å². The van der Waals surface area contributed by atoms with Crippen LogP contribution in [0.1, 0.15) is 16.7 Å². The molecular formula is C16H19FIN3. The molecule has 5 heteroatoms. The van der Waals surface area contributed by atoms with Gasteiger partial charge in [0.05, 0.1) is 6.54 Å². The first kappa shape index (κ1) is 17.4. The van der Waals surface area contributed by atoms with Crippen LogP contribution in [0.15, 0.2) is 47.5 Å². The molecule has 3 nitrogen and oxygen atoms in total. The van der Waals surface area contributed by atoms with Gasteiger partial charge in [0.1, 0.15) is 5.82 Å². The van der Waals surface area contributed by atoms with Gasteiger partial charge in [-0.25, -0.2) is 9.38 Å². The summed E-state index contributed by atoms with van der Waals surface area (Å²) < 4.78 is 13.0. The minimum atomic E-state index is -0.265. The Hall–Kier alpha value is -1.63. The molecule has 2 rings (SSSR count). The van der Waals surface area contributed by atoms with Gasteiger partial charge in [0, 0.05) is 5.69 Å². The third-order valence-corrected chi connectivity index (χ3v) is 2.82. The Morgan fingerprint density at radius 1 is 1.14 bits per heavy atom. The highest BCUT2D eigenvalue weighted by atomic mass is 127. The summed E-state index contributed by atoms with van der Waals surface area (Å²) in [6.07, 6.45) is 0. The van der Waals surface area contributed by atoms with Crippen LogP contribution in [-0.2, 0) is 6.54 Å². The van der Waals surface area contributed by atoms with E-state index in [0.29, 0.717) is 12.5 Å². The van der Waals surface area contributed by atoms with Gasteiger partial charge in [-0.05, 0) is 54.8 Å². The second kappa shape index (κ2) is 7.97. The van der Waals surface area contributed by atoms with E-state index in [2.05, 4.69) is 16.4 Å². The molecule has 0 bridgehead atoms. The summed E-state index contributed by atoms with van der Waals surface area (Å²) >= 11 is 0. The van der Waals surface area contributed by atoms with Crippen LogP contribution in [0.3, 0.4) is 0 Å². The number of nitrogens with one attached hydrogen (secondary N) is 1. The first-order valence-electron chi connectivity index (χ1n) is 6.42. The smallest absolute Gasteiger partial charge is 0.193 e. The van der Waals surface area contributed by atoms with E-state index in [1.807, 2.05) is 32.0 Å². The average molecular weight is 399 g/mol. The lowest BCUT2D eigenvalue weighted by molar-refractivity contribution is 0.625. The number of halogens is 2. The molecule has 0 saturated heterocycles.